The molecule has 0 heterocycles. The smallest absolute Gasteiger partial charge is 0.309 e. The third kappa shape index (κ3) is 2.73. The Bertz CT molecular complexity index is 362. The van der Waals surface area contributed by atoms with Crippen molar-refractivity contribution in [3.63, 3.8) is 0 Å². The molecule has 4 nitrogen and oxygen atoms in total. The van der Waals surface area contributed by atoms with E-state index in [0.29, 0.717) is 17.9 Å². The number of hydrogen-bond donors (Lipinski definition) is 2. The molecule has 4 heteroatoms. The zero-order valence-corrected chi connectivity index (χ0v) is 9.38. The van der Waals surface area contributed by atoms with Crippen LogP contribution in [-0.2, 0) is 4.79 Å². The number of aliphatic carboxylic acids is 1. The van der Waals surface area contributed by atoms with Crippen LogP contribution in [0, 0.1) is 5.92 Å². The van der Waals surface area contributed by atoms with Gasteiger partial charge in [0.15, 0.2) is 0 Å². The van der Waals surface area contributed by atoms with Gasteiger partial charge < -0.3 is 14.9 Å². The van der Waals surface area contributed by atoms with Gasteiger partial charge in [0.05, 0.1) is 18.6 Å². The molecule has 0 saturated heterocycles. The fraction of sp³-hybridized carbons (Fsp3) is 0.417. The molecule has 0 aliphatic carbocycles. The van der Waals surface area contributed by atoms with Gasteiger partial charge >= 0.3 is 5.97 Å². The Hall–Kier alpha value is -1.55. The molecule has 1 aromatic carbocycles. The molecular weight excluding hydrogens is 208 g/mol. The Kier molecular flexibility index (Phi) is 4.31. The number of aliphatic hydroxyl groups is 1. The summed E-state index contributed by atoms with van der Waals surface area (Å²) in [4.78, 5) is 10.8. The minimum atomic E-state index is -1.06. The van der Waals surface area contributed by atoms with Gasteiger partial charge in [0.1, 0.15) is 5.75 Å². The van der Waals surface area contributed by atoms with Crippen LogP contribution in [0.1, 0.15) is 25.5 Å². The zero-order valence-electron chi connectivity index (χ0n) is 9.38. The van der Waals surface area contributed by atoms with Crippen LogP contribution in [0.15, 0.2) is 24.3 Å². The number of carbonyl (C=O) groups is 1. The molecule has 88 valence electrons. The van der Waals surface area contributed by atoms with Crippen LogP contribution in [0.25, 0.3) is 0 Å². The fourth-order valence-electron chi connectivity index (χ4n) is 1.42. The maximum absolute atomic E-state index is 10.8. The molecule has 1 aromatic rings. The van der Waals surface area contributed by atoms with Gasteiger partial charge in [0.25, 0.3) is 0 Å². The van der Waals surface area contributed by atoms with Crippen LogP contribution in [0.4, 0.5) is 0 Å². The first-order chi connectivity index (χ1) is 7.57. The number of carboxylic acids is 1. The van der Waals surface area contributed by atoms with E-state index in [1.54, 1.807) is 24.3 Å². The number of para-hydroxylation sites is 1. The van der Waals surface area contributed by atoms with Crippen molar-refractivity contribution in [2.75, 3.05) is 6.61 Å². The summed E-state index contributed by atoms with van der Waals surface area (Å²) in [6.45, 7) is 3.78. The lowest BCUT2D eigenvalue weighted by Crippen LogP contribution is -2.19. The van der Waals surface area contributed by atoms with Crippen molar-refractivity contribution >= 4 is 5.97 Å². The van der Waals surface area contributed by atoms with Gasteiger partial charge in [-0.1, -0.05) is 18.2 Å². The number of aliphatic hydroxyl groups excluding tert-OH is 1. The van der Waals surface area contributed by atoms with Gasteiger partial charge in [-0.05, 0) is 19.9 Å². The molecule has 0 radical (unpaired) electrons. The van der Waals surface area contributed by atoms with Crippen molar-refractivity contribution in [2.45, 2.75) is 20.0 Å². The SMILES string of the molecule is CCOc1ccccc1C(O)C(C)C(=O)O. The highest BCUT2D eigenvalue weighted by molar-refractivity contribution is 5.70. The second-order valence-electron chi connectivity index (χ2n) is 3.54. The maximum atomic E-state index is 10.8. The van der Waals surface area contributed by atoms with E-state index in [-0.39, 0.29) is 0 Å². The van der Waals surface area contributed by atoms with Crippen LogP contribution in [-0.4, -0.2) is 22.8 Å². The van der Waals surface area contributed by atoms with Gasteiger partial charge in [-0.15, -0.1) is 0 Å². The van der Waals surface area contributed by atoms with Crippen molar-refractivity contribution in [1.29, 1.82) is 0 Å². The third-order valence-electron chi connectivity index (χ3n) is 2.40. The summed E-state index contributed by atoms with van der Waals surface area (Å²) in [6, 6.07) is 6.92. The molecule has 0 amide bonds. The first-order valence-corrected chi connectivity index (χ1v) is 5.20. The summed E-state index contributed by atoms with van der Waals surface area (Å²) in [7, 11) is 0. The molecule has 0 aliphatic rings. The van der Waals surface area contributed by atoms with Crippen molar-refractivity contribution in [3.8, 4) is 5.75 Å². The molecule has 0 spiro atoms. The Morgan fingerprint density at radius 3 is 2.62 bits per heavy atom. The van der Waals surface area contributed by atoms with Crippen LogP contribution in [0.3, 0.4) is 0 Å². The lowest BCUT2D eigenvalue weighted by Gasteiger charge is -2.18. The first-order valence-electron chi connectivity index (χ1n) is 5.20. The molecule has 2 unspecified atom stereocenters. The van der Waals surface area contributed by atoms with Gasteiger partial charge in [-0.25, -0.2) is 0 Å². The quantitative estimate of drug-likeness (QED) is 0.800. The van der Waals surface area contributed by atoms with Crippen molar-refractivity contribution in [3.05, 3.63) is 29.8 Å². The average molecular weight is 224 g/mol. The van der Waals surface area contributed by atoms with E-state index in [4.69, 9.17) is 9.84 Å². The van der Waals surface area contributed by atoms with Crippen molar-refractivity contribution in [2.24, 2.45) is 5.92 Å². The van der Waals surface area contributed by atoms with Crippen molar-refractivity contribution in [1.82, 2.24) is 0 Å². The molecule has 0 aliphatic heterocycles. The summed E-state index contributed by atoms with van der Waals surface area (Å²) >= 11 is 0. The van der Waals surface area contributed by atoms with E-state index < -0.39 is 18.0 Å². The number of hydrogen-bond acceptors (Lipinski definition) is 3. The second-order valence-corrected chi connectivity index (χ2v) is 3.54. The molecule has 1 rings (SSSR count). The maximum Gasteiger partial charge on any atom is 0.309 e. The zero-order chi connectivity index (χ0) is 12.1. The minimum absolute atomic E-state index is 0.477. The number of carboxylic acid groups (broad SMARTS) is 1. The lowest BCUT2D eigenvalue weighted by atomic mass is 9.97. The van der Waals surface area contributed by atoms with E-state index in [9.17, 15) is 9.90 Å². The van der Waals surface area contributed by atoms with Gasteiger partial charge in [-0.3, -0.25) is 4.79 Å². The molecular formula is C12H16O4. The van der Waals surface area contributed by atoms with Crippen molar-refractivity contribution < 1.29 is 19.7 Å². The van der Waals surface area contributed by atoms with E-state index in [2.05, 4.69) is 0 Å². The molecule has 2 atom stereocenters. The lowest BCUT2D eigenvalue weighted by molar-refractivity contribution is -0.145. The van der Waals surface area contributed by atoms with E-state index in [1.807, 2.05) is 6.92 Å². The predicted octanol–water partition coefficient (Wildman–Crippen LogP) is 1.84. The highest BCUT2D eigenvalue weighted by atomic mass is 16.5. The second kappa shape index (κ2) is 5.51. The van der Waals surface area contributed by atoms with Crippen LogP contribution < -0.4 is 4.74 Å². The van der Waals surface area contributed by atoms with Gasteiger partial charge in [0.2, 0.25) is 0 Å². The van der Waals surface area contributed by atoms with Crippen LogP contribution >= 0.6 is 0 Å². The largest absolute Gasteiger partial charge is 0.493 e. The number of benzene rings is 1. The number of ether oxygens (including phenoxy) is 1. The molecule has 2 N–H and O–H groups in total. The summed E-state index contributed by atoms with van der Waals surface area (Å²) in [5.41, 5.74) is 0.513. The Morgan fingerprint density at radius 2 is 2.06 bits per heavy atom. The van der Waals surface area contributed by atoms with Gasteiger partial charge in [0, 0.05) is 5.56 Å². The fourth-order valence-corrected chi connectivity index (χ4v) is 1.42. The van der Waals surface area contributed by atoms with E-state index >= 15 is 0 Å². The molecule has 0 bridgehead atoms. The monoisotopic (exact) mass is 224 g/mol. The third-order valence-corrected chi connectivity index (χ3v) is 2.40. The first kappa shape index (κ1) is 12.5. The molecule has 16 heavy (non-hydrogen) atoms. The Balaban J connectivity index is 2.97. The summed E-state index contributed by atoms with van der Waals surface area (Å²) in [6.07, 6.45) is -1.06. The summed E-state index contributed by atoms with van der Waals surface area (Å²) < 4.78 is 5.34. The highest BCUT2D eigenvalue weighted by Crippen LogP contribution is 2.30. The Labute approximate surface area is 94.5 Å². The Morgan fingerprint density at radius 1 is 1.44 bits per heavy atom. The van der Waals surface area contributed by atoms with Gasteiger partial charge in [-0.2, -0.15) is 0 Å². The minimum Gasteiger partial charge on any atom is -0.493 e. The van der Waals surface area contributed by atoms with Crippen LogP contribution in [0.2, 0.25) is 0 Å². The number of rotatable bonds is 5. The predicted molar refractivity (Wildman–Crippen MR) is 59.4 cm³/mol. The molecule has 0 fully saturated rings. The summed E-state index contributed by atoms with van der Waals surface area (Å²) in [5, 5.41) is 18.7. The van der Waals surface area contributed by atoms with E-state index in [0.717, 1.165) is 0 Å². The topological polar surface area (TPSA) is 66.8 Å². The summed E-state index contributed by atoms with van der Waals surface area (Å²) in [5.74, 6) is -1.36. The molecule has 0 saturated carbocycles. The molecule has 0 aromatic heterocycles. The highest BCUT2D eigenvalue weighted by Gasteiger charge is 2.25. The standard InChI is InChI=1S/C12H16O4/c1-3-16-10-7-5-4-6-9(10)11(13)8(2)12(14)15/h4-8,11,13H,3H2,1-2H3,(H,14,15). The van der Waals surface area contributed by atoms with Crippen LogP contribution in [0.5, 0.6) is 5.75 Å². The average Bonchev–Trinajstić information content (AvgIpc) is 2.28. The normalized spacial score (nSPS) is 14.2. The van der Waals surface area contributed by atoms with E-state index in [1.165, 1.54) is 6.92 Å².